The van der Waals surface area contributed by atoms with E-state index in [0.29, 0.717) is 6.41 Å². The fourth-order valence-electron chi connectivity index (χ4n) is 2.38. The van der Waals surface area contributed by atoms with E-state index in [0.717, 1.165) is 5.56 Å². The lowest BCUT2D eigenvalue weighted by atomic mass is 10.2. The highest BCUT2D eigenvalue weighted by Gasteiger charge is 2.30. The molecule has 0 aliphatic rings. The van der Waals surface area contributed by atoms with Crippen molar-refractivity contribution in [2.75, 3.05) is 14.2 Å². The first kappa shape index (κ1) is 19.1. The normalized spacial score (nSPS) is 12.3. The number of halogens is 1. The third kappa shape index (κ3) is 3.88. The molecule has 0 heterocycles. The summed E-state index contributed by atoms with van der Waals surface area (Å²) in [6.07, 6.45) is 0.334. The molecule has 0 radical (unpaired) electrons. The van der Waals surface area contributed by atoms with Gasteiger partial charge >= 0.3 is 0 Å². The van der Waals surface area contributed by atoms with Crippen molar-refractivity contribution in [2.45, 2.75) is 17.2 Å². The number of carbonyl (C=O) groups excluding carboxylic acids is 1. The summed E-state index contributed by atoms with van der Waals surface area (Å²) in [5, 5.41) is 1.20. The number of hydrogen-bond donors (Lipinski definition) is 1. The molecule has 0 bridgehead atoms. The Morgan fingerprint density at radius 3 is 2.28 bits per heavy atom. The first-order valence-electron chi connectivity index (χ1n) is 7.26. The SMILES string of the molecule is COc1cc(C(NC=O)S(=O)(=O)c2ccc(C)cc2)cc(Cl)c1OC. The second-order valence-corrected chi connectivity index (χ2v) is 7.70. The molecular formula is C17H18ClNO5S. The van der Waals surface area contributed by atoms with Gasteiger partial charge in [0.1, 0.15) is 0 Å². The van der Waals surface area contributed by atoms with Crippen LogP contribution in [-0.4, -0.2) is 29.0 Å². The van der Waals surface area contributed by atoms with E-state index in [2.05, 4.69) is 5.32 Å². The van der Waals surface area contributed by atoms with Gasteiger partial charge in [0.25, 0.3) is 0 Å². The van der Waals surface area contributed by atoms with Gasteiger partial charge < -0.3 is 14.8 Å². The Morgan fingerprint density at radius 2 is 1.76 bits per heavy atom. The van der Waals surface area contributed by atoms with E-state index in [-0.39, 0.29) is 27.0 Å². The zero-order chi connectivity index (χ0) is 18.6. The maximum atomic E-state index is 13.0. The summed E-state index contributed by atoms with van der Waals surface area (Å²) in [4.78, 5) is 11.1. The van der Waals surface area contributed by atoms with Gasteiger partial charge in [-0.1, -0.05) is 29.3 Å². The second-order valence-electron chi connectivity index (χ2n) is 5.26. The molecule has 1 unspecified atom stereocenters. The Balaban J connectivity index is 2.60. The molecule has 0 saturated heterocycles. The smallest absolute Gasteiger partial charge is 0.208 e. The van der Waals surface area contributed by atoms with Crippen LogP contribution >= 0.6 is 11.6 Å². The van der Waals surface area contributed by atoms with E-state index in [1.165, 1.54) is 38.5 Å². The predicted molar refractivity (Wildman–Crippen MR) is 94.9 cm³/mol. The van der Waals surface area contributed by atoms with Gasteiger partial charge in [0.15, 0.2) is 16.9 Å². The third-order valence-electron chi connectivity index (χ3n) is 3.64. The van der Waals surface area contributed by atoms with E-state index in [4.69, 9.17) is 21.1 Å². The lowest BCUT2D eigenvalue weighted by Gasteiger charge is -2.20. The standard InChI is InChI=1S/C17H18ClNO5S/c1-11-4-6-13(7-5-11)25(21,22)17(19-10-20)12-8-14(18)16(24-3)15(9-12)23-2/h4-10,17H,1-3H3,(H,19,20). The monoisotopic (exact) mass is 383 g/mol. The van der Waals surface area contributed by atoms with Crippen molar-refractivity contribution in [3.05, 3.63) is 52.5 Å². The number of benzene rings is 2. The van der Waals surface area contributed by atoms with Crippen LogP contribution in [-0.2, 0) is 14.6 Å². The van der Waals surface area contributed by atoms with Crippen LogP contribution in [0.2, 0.25) is 5.02 Å². The Kier molecular flexibility index (Phi) is 5.92. The molecule has 6 nitrogen and oxygen atoms in total. The molecule has 2 aromatic rings. The van der Waals surface area contributed by atoms with Crippen LogP contribution in [0.1, 0.15) is 16.5 Å². The number of carbonyl (C=O) groups is 1. The highest BCUT2D eigenvalue weighted by Crippen LogP contribution is 2.39. The fraction of sp³-hybridized carbons (Fsp3) is 0.235. The van der Waals surface area contributed by atoms with Crippen LogP contribution in [0.5, 0.6) is 11.5 Å². The molecule has 8 heteroatoms. The molecule has 25 heavy (non-hydrogen) atoms. The Labute approximate surface area is 151 Å². The van der Waals surface area contributed by atoms with Gasteiger partial charge in [0, 0.05) is 0 Å². The Hall–Kier alpha value is -2.25. The van der Waals surface area contributed by atoms with Crippen molar-refractivity contribution >= 4 is 27.8 Å². The molecule has 1 atom stereocenters. The Morgan fingerprint density at radius 1 is 1.12 bits per heavy atom. The first-order chi connectivity index (χ1) is 11.8. The van der Waals surface area contributed by atoms with Gasteiger partial charge in [0.05, 0.1) is 24.1 Å². The molecule has 2 rings (SSSR count). The molecule has 134 valence electrons. The summed E-state index contributed by atoms with van der Waals surface area (Å²) < 4.78 is 36.3. The molecule has 0 saturated carbocycles. The number of aryl methyl sites for hydroxylation is 1. The van der Waals surface area contributed by atoms with Crippen molar-refractivity contribution in [1.82, 2.24) is 5.32 Å². The minimum absolute atomic E-state index is 0.0864. The topological polar surface area (TPSA) is 81.7 Å². The van der Waals surface area contributed by atoms with Crippen molar-refractivity contribution in [3.63, 3.8) is 0 Å². The minimum atomic E-state index is -3.89. The summed E-state index contributed by atoms with van der Waals surface area (Å²) >= 11 is 6.16. The summed E-state index contributed by atoms with van der Waals surface area (Å²) in [6.45, 7) is 1.85. The highest BCUT2D eigenvalue weighted by atomic mass is 35.5. The van der Waals surface area contributed by atoms with Crippen molar-refractivity contribution in [1.29, 1.82) is 0 Å². The highest BCUT2D eigenvalue weighted by molar-refractivity contribution is 7.91. The van der Waals surface area contributed by atoms with Gasteiger partial charge in [-0.2, -0.15) is 0 Å². The van der Waals surface area contributed by atoms with Crippen LogP contribution in [0.3, 0.4) is 0 Å². The van der Waals surface area contributed by atoms with E-state index >= 15 is 0 Å². The largest absolute Gasteiger partial charge is 0.493 e. The number of rotatable bonds is 7. The molecule has 1 amide bonds. The fourth-order valence-corrected chi connectivity index (χ4v) is 4.19. The molecule has 1 N–H and O–H groups in total. The number of sulfone groups is 1. The molecule has 0 aliphatic heterocycles. The molecule has 0 aromatic heterocycles. The summed E-state index contributed by atoms with van der Waals surface area (Å²) in [5.41, 5.74) is 1.18. The van der Waals surface area contributed by atoms with E-state index in [1.807, 2.05) is 6.92 Å². The van der Waals surface area contributed by atoms with Gasteiger partial charge in [-0.25, -0.2) is 8.42 Å². The minimum Gasteiger partial charge on any atom is -0.493 e. The van der Waals surface area contributed by atoms with Gasteiger partial charge in [-0.05, 0) is 36.8 Å². The van der Waals surface area contributed by atoms with Gasteiger partial charge in [-0.15, -0.1) is 0 Å². The van der Waals surface area contributed by atoms with Gasteiger partial charge in [0.2, 0.25) is 16.2 Å². The number of ether oxygens (including phenoxy) is 2. The van der Waals surface area contributed by atoms with Crippen LogP contribution < -0.4 is 14.8 Å². The molecule has 0 aliphatic carbocycles. The number of hydrogen-bond acceptors (Lipinski definition) is 5. The third-order valence-corrected chi connectivity index (χ3v) is 5.88. The lowest BCUT2D eigenvalue weighted by Crippen LogP contribution is -2.28. The average molecular weight is 384 g/mol. The molecule has 2 aromatic carbocycles. The lowest BCUT2D eigenvalue weighted by molar-refractivity contribution is -0.109. The zero-order valence-electron chi connectivity index (χ0n) is 13.9. The van der Waals surface area contributed by atoms with E-state index in [1.54, 1.807) is 12.1 Å². The van der Waals surface area contributed by atoms with Crippen LogP contribution in [0.25, 0.3) is 0 Å². The maximum Gasteiger partial charge on any atom is 0.208 e. The van der Waals surface area contributed by atoms with E-state index < -0.39 is 15.2 Å². The molecular weight excluding hydrogens is 366 g/mol. The molecule has 0 spiro atoms. The van der Waals surface area contributed by atoms with Gasteiger partial charge in [-0.3, -0.25) is 4.79 Å². The summed E-state index contributed by atoms with van der Waals surface area (Å²) in [7, 11) is -1.06. The summed E-state index contributed by atoms with van der Waals surface area (Å²) in [5.74, 6) is 0.548. The van der Waals surface area contributed by atoms with Crippen LogP contribution in [0, 0.1) is 6.92 Å². The van der Waals surface area contributed by atoms with Crippen molar-refractivity contribution < 1.29 is 22.7 Å². The zero-order valence-corrected chi connectivity index (χ0v) is 15.5. The predicted octanol–water partition coefficient (Wildman–Crippen LogP) is 2.88. The molecule has 0 fully saturated rings. The quantitative estimate of drug-likeness (QED) is 0.743. The van der Waals surface area contributed by atoms with Crippen molar-refractivity contribution in [3.8, 4) is 11.5 Å². The summed E-state index contributed by atoms with van der Waals surface area (Å²) in [6, 6.07) is 9.26. The number of nitrogens with one attached hydrogen (secondary N) is 1. The van der Waals surface area contributed by atoms with Crippen LogP contribution in [0.15, 0.2) is 41.3 Å². The Bertz CT molecular complexity index is 865. The average Bonchev–Trinajstić information content (AvgIpc) is 2.59. The van der Waals surface area contributed by atoms with Crippen LogP contribution in [0.4, 0.5) is 0 Å². The van der Waals surface area contributed by atoms with E-state index in [9.17, 15) is 13.2 Å². The van der Waals surface area contributed by atoms with Crippen molar-refractivity contribution in [2.24, 2.45) is 0 Å². The number of amides is 1. The second kappa shape index (κ2) is 7.76. The maximum absolute atomic E-state index is 13.0. The first-order valence-corrected chi connectivity index (χ1v) is 9.19. The number of methoxy groups -OCH3 is 2.